The summed E-state index contributed by atoms with van der Waals surface area (Å²) >= 11 is 1.66. The topological polar surface area (TPSA) is 92.4 Å². The number of methoxy groups -OCH3 is 3. The molecule has 1 aromatic heterocycles. The SMILES string of the molecule is COc1ccc(CCNC(=O)C(=O)N[C@@H](C)[C@@H](c2cccs2)N2CCN(c3ccccc3OC)CC2)cc1OC. The third kappa shape index (κ3) is 7.05. The molecule has 2 heterocycles. The highest BCUT2D eigenvalue weighted by atomic mass is 32.1. The zero-order valence-corrected chi connectivity index (χ0v) is 24.3. The van der Waals surface area contributed by atoms with E-state index in [-0.39, 0.29) is 12.1 Å². The number of anilines is 1. The van der Waals surface area contributed by atoms with E-state index in [1.165, 1.54) is 0 Å². The van der Waals surface area contributed by atoms with Crippen LogP contribution >= 0.6 is 11.3 Å². The number of hydrogen-bond acceptors (Lipinski definition) is 8. The summed E-state index contributed by atoms with van der Waals surface area (Å²) in [6.07, 6.45) is 0.559. The number of nitrogens with zero attached hydrogens (tertiary/aromatic N) is 2. The Labute approximate surface area is 240 Å². The minimum atomic E-state index is -0.641. The third-order valence-corrected chi connectivity index (χ3v) is 8.10. The van der Waals surface area contributed by atoms with E-state index >= 15 is 0 Å². The Bertz CT molecular complexity index is 1260. The molecule has 0 unspecified atom stereocenters. The van der Waals surface area contributed by atoms with E-state index in [9.17, 15) is 9.59 Å². The van der Waals surface area contributed by atoms with Gasteiger partial charge in [-0.3, -0.25) is 14.5 Å². The van der Waals surface area contributed by atoms with E-state index in [4.69, 9.17) is 14.2 Å². The van der Waals surface area contributed by atoms with E-state index in [1.807, 2.05) is 54.8 Å². The van der Waals surface area contributed by atoms with Crippen molar-refractivity contribution in [3.8, 4) is 17.2 Å². The minimum absolute atomic E-state index is 0.0386. The van der Waals surface area contributed by atoms with Crippen LogP contribution in [-0.2, 0) is 16.0 Å². The molecule has 0 radical (unpaired) electrons. The fraction of sp³-hybridized carbons (Fsp3) is 0.400. The van der Waals surface area contributed by atoms with Crippen molar-refractivity contribution >= 4 is 28.8 Å². The summed E-state index contributed by atoms with van der Waals surface area (Å²) in [4.78, 5) is 31.4. The molecule has 0 spiro atoms. The number of ether oxygens (including phenoxy) is 3. The van der Waals surface area contributed by atoms with Crippen molar-refractivity contribution in [1.29, 1.82) is 0 Å². The van der Waals surface area contributed by atoms with Gasteiger partial charge in [-0.25, -0.2) is 0 Å². The van der Waals surface area contributed by atoms with Crippen LogP contribution in [0.3, 0.4) is 0 Å². The largest absolute Gasteiger partial charge is 0.495 e. The Balaban J connectivity index is 1.33. The van der Waals surface area contributed by atoms with Crippen LogP contribution in [0.15, 0.2) is 60.0 Å². The van der Waals surface area contributed by atoms with Gasteiger partial charge in [-0.15, -0.1) is 11.3 Å². The van der Waals surface area contributed by atoms with E-state index < -0.39 is 11.8 Å². The van der Waals surface area contributed by atoms with E-state index in [1.54, 1.807) is 32.7 Å². The number of benzene rings is 2. The highest BCUT2D eigenvalue weighted by molar-refractivity contribution is 7.10. The zero-order valence-electron chi connectivity index (χ0n) is 23.5. The standard InChI is InChI=1S/C30H38N4O5S/c1-21(32-30(36)29(35)31-14-13-22-11-12-25(38-3)26(20-22)39-4)28(27-10-7-19-40-27)34-17-15-33(16-18-34)23-8-5-6-9-24(23)37-2/h5-12,19-21,28H,13-18H2,1-4H3,(H,31,35)(H,32,36)/t21-,28-/m0/s1. The average molecular weight is 567 g/mol. The lowest BCUT2D eigenvalue weighted by Crippen LogP contribution is -2.53. The van der Waals surface area contributed by atoms with Crippen LogP contribution in [0.1, 0.15) is 23.4 Å². The van der Waals surface area contributed by atoms with Crippen molar-refractivity contribution in [2.75, 3.05) is 59.0 Å². The highest BCUT2D eigenvalue weighted by Crippen LogP contribution is 2.33. The van der Waals surface area contributed by atoms with Crippen molar-refractivity contribution in [2.45, 2.75) is 25.4 Å². The fourth-order valence-corrected chi connectivity index (χ4v) is 6.09. The monoisotopic (exact) mass is 566 g/mol. The lowest BCUT2D eigenvalue weighted by molar-refractivity contribution is -0.139. The van der Waals surface area contributed by atoms with Crippen LogP contribution in [0.2, 0.25) is 0 Å². The zero-order chi connectivity index (χ0) is 28.5. The second-order valence-corrected chi connectivity index (χ2v) is 10.6. The molecule has 1 saturated heterocycles. The molecular weight excluding hydrogens is 528 g/mol. The predicted molar refractivity (Wildman–Crippen MR) is 158 cm³/mol. The van der Waals surface area contributed by atoms with Gasteiger partial charge in [0.15, 0.2) is 11.5 Å². The molecule has 2 amide bonds. The molecule has 9 nitrogen and oxygen atoms in total. The van der Waals surface area contributed by atoms with Crippen molar-refractivity contribution in [1.82, 2.24) is 15.5 Å². The summed E-state index contributed by atoms with van der Waals surface area (Å²) in [7, 11) is 4.86. The quantitative estimate of drug-likeness (QED) is 0.343. The Morgan fingerprint density at radius 3 is 2.27 bits per heavy atom. The number of hydrogen-bond donors (Lipinski definition) is 2. The smallest absolute Gasteiger partial charge is 0.309 e. The van der Waals surface area contributed by atoms with Crippen molar-refractivity contribution in [3.05, 3.63) is 70.4 Å². The van der Waals surface area contributed by atoms with Crippen molar-refractivity contribution < 1.29 is 23.8 Å². The first-order valence-corrected chi connectivity index (χ1v) is 14.3. The molecule has 3 aromatic rings. The van der Waals surface area contributed by atoms with Gasteiger partial charge in [-0.05, 0) is 54.6 Å². The van der Waals surface area contributed by atoms with Crippen LogP contribution in [0.25, 0.3) is 0 Å². The molecule has 0 saturated carbocycles. The first-order chi connectivity index (χ1) is 19.4. The molecule has 2 atom stereocenters. The van der Waals surface area contributed by atoms with Gasteiger partial charge in [0.2, 0.25) is 0 Å². The average Bonchev–Trinajstić information content (AvgIpc) is 3.51. The predicted octanol–water partition coefficient (Wildman–Crippen LogP) is 3.50. The molecule has 1 aliphatic rings. The maximum atomic E-state index is 12.8. The summed E-state index contributed by atoms with van der Waals surface area (Å²) in [6.45, 7) is 5.59. The van der Waals surface area contributed by atoms with Crippen LogP contribution in [0.4, 0.5) is 5.69 Å². The van der Waals surface area contributed by atoms with Crippen LogP contribution in [0, 0.1) is 0 Å². The van der Waals surface area contributed by atoms with Gasteiger partial charge in [0.05, 0.1) is 33.1 Å². The maximum Gasteiger partial charge on any atom is 0.309 e. The second kappa shape index (κ2) is 14.0. The number of nitrogens with one attached hydrogen (secondary N) is 2. The molecule has 2 aromatic carbocycles. The molecule has 10 heteroatoms. The van der Waals surface area contributed by atoms with Gasteiger partial charge < -0.3 is 29.7 Å². The van der Waals surface area contributed by atoms with Crippen molar-refractivity contribution in [2.24, 2.45) is 0 Å². The summed E-state index contributed by atoms with van der Waals surface area (Å²) in [5, 5.41) is 7.73. The van der Waals surface area contributed by atoms with E-state index in [0.29, 0.717) is 24.5 Å². The van der Waals surface area contributed by atoms with Crippen LogP contribution in [-0.4, -0.2) is 76.8 Å². The molecule has 40 heavy (non-hydrogen) atoms. The Morgan fingerprint density at radius 1 is 0.875 bits per heavy atom. The third-order valence-electron chi connectivity index (χ3n) is 7.15. The van der Waals surface area contributed by atoms with Gasteiger partial charge in [-0.2, -0.15) is 0 Å². The van der Waals surface area contributed by atoms with Gasteiger partial charge in [0, 0.05) is 43.6 Å². The minimum Gasteiger partial charge on any atom is -0.495 e. The molecular formula is C30H38N4O5S. The van der Waals surface area contributed by atoms with E-state index in [0.717, 1.165) is 48.1 Å². The highest BCUT2D eigenvalue weighted by Gasteiger charge is 2.32. The Hall–Kier alpha value is -3.76. The molecule has 2 N–H and O–H groups in total. The number of piperazine rings is 1. The summed E-state index contributed by atoms with van der Waals surface area (Å²) in [5.74, 6) is 0.863. The molecule has 214 valence electrons. The lowest BCUT2D eigenvalue weighted by atomic mass is 10.0. The number of para-hydroxylation sites is 2. The first-order valence-electron chi connectivity index (χ1n) is 13.4. The van der Waals surface area contributed by atoms with Gasteiger partial charge in [0.1, 0.15) is 5.75 Å². The first kappa shape index (κ1) is 29.2. The van der Waals surface area contributed by atoms with Crippen LogP contribution < -0.4 is 29.7 Å². The van der Waals surface area contributed by atoms with Gasteiger partial charge >= 0.3 is 11.8 Å². The van der Waals surface area contributed by atoms with Gasteiger partial charge in [-0.1, -0.05) is 24.3 Å². The number of amides is 2. The Morgan fingerprint density at radius 2 is 1.60 bits per heavy atom. The maximum absolute atomic E-state index is 12.8. The summed E-state index contributed by atoms with van der Waals surface area (Å²) in [6, 6.07) is 17.5. The van der Waals surface area contributed by atoms with Crippen molar-refractivity contribution in [3.63, 3.8) is 0 Å². The van der Waals surface area contributed by atoms with Crippen LogP contribution in [0.5, 0.6) is 17.2 Å². The lowest BCUT2D eigenvalue weighted by Gasteiger charge is -2.42. The molecule has 0 bridgehead atoms. The summed E-state index contributed by atoms with van der Waals surface area (Å²) < 4.78 is 16.2. The second-order valence-electron chi connectivity index (χ2n) is 9.61. The number of carbonyl (C=O) groups excluding carboxylic acids is 2. The molecule has 1 fully saturated rings. The normalized spacial score (nSPS) is 15.2. The fourth-order valence-electron chi connectivity index (χ4n) is 5.12. The Kier molecular flexibility index (Phi) is 10.3. The number of thiophene rings is 1. The molecule has 4 rings (SSSR count). The van der Waals surface area contributed by atoms with Gasteiger partial charge in [0.25, 0.3) is 0 Å². The number of carbonyl (C=O) groups is 2. The summed E-state index contributed by atoms with van der Waals surface area (Å²) in [5.41, 5.74) is 2.06. The number of rotatable bonds is 11. The molecule has 1 aliphatic heterocycles. The van der Waals surface area contributed by atoms with E-state index in [2.05, 4.69) is 32.6 Å². The molecule has 0 aliphatic carbocycles.